The molecular formula is C58H43N. The first-order valence-corrected chi connectivity index (χ1v) is 20.7. The van der Waals surface area contributed by atoms with Crippen LogP contribution in [0.1, 0.15) is 47.2 Å². The Balaban J connectivity index is 0.979. The molecule has 1 heteroatoms. The van der Waals surface area contributed by atoms with Crippen molar-refractivity contribution in [2.24, 2.45) is 0 Å². The first-order valence-electron chi connectivity index (χ1n) is 20.7. The third-order valence-electron chi connectivity index (χ3n) is 13.0. The second-order valence-corrected chi connectivity index (χ2v) is 16.5. The lowest BCUT2D eigenvalue weighted by Gasteiger charge is -2.46. The molecule has 2 aliphatic rings. The third-order valence-corrected chi connectivity index (χ3v) is 13.0. The molecule has 0 radical (unpaired) electrons. The fraction of sp³-hybridized carbons (Fsp3) is 0.0690. The molecule has 9 aromatic rings. The average Bonchev–Trinajstić information content (AvgIpc) is 3.60. The number of rotatable bonds is 6. The molecule has 280 valence electrons. The van der Waals surface area contributed by atoms with E-state index >= 15 is 0 Å². The second-order valence-electron chi connectivity index (χ2n) is 16.5. The van der Waals surface area contributed by atoms with Crippen molar-refractivity contribution in [1.29, 1.82) is 0 Å². The van der Waals surface area contributed by atoms with Gasteiger partial charge in [0.05, 0.1) is 5.41 Å². The third kappa shape index (κ3) is 5.46. The Bertz CT molecular complexity index is 2930. The van der Waals surface area contributed by atoms with Crippen molar-refractivity contribution in [1.82, 2.24) is 0 Å². The Morgan fingerprint density at radius 3 is 1.17 bits per heavy atom. The summed E-state index contributed by atoms with van der Waals surface area (Å²) in [6.07, 6.45) is 0. The zero-order chi connectivity index (χ0) is 39.6. The summed E-state index contributed by atoms with van der Waals surface area (Å²) in [5.74, 6) is 0. The molecule has 1 spiro atoms. The number of anilines is 3. The van der Waals surface area contributed by atoms with Gasteiger partial charge >= 0.3 is 0 Å². The van der Waals surface area contributed by atoms with Crippen molar-refractivity contribution in [2.75, 3.05) is 4.90 Å². The van der Waals surface area contributed by atoms with Gasteiger partial charge in [-0.3, -0.25) is 0 Å². The standard InChI is InChI=1S/C58H43N/c1-57(2)52-21-11-13-23-54(52)58(55-24-14-12-22-53(55)57)51-20-10-9-19-49(51)50-38-33-45(39-56(50)58)44-31-36-48(37-32-44)59(46-17-7-4-8-18-46)47-34-29-43(30-35-47)42-27-25-41(26-28-42)40-15-5-3-6-16-40/h3-39H,1-2H3. The van der Waals surface area contributed by atoms with Gasteiger partial charge in [0.15, 0.2) is 0 Å². The predicted molar refractivity (Wildman–Crippen MR) is 247 cm³/mol. The molecule has 0 amide bonds. The summed E-state index contributed by atoms with van der Waals surface area (Å²) in [5.41, 5.74) is 21.0. The van der Waals surface area contributed by atoms with Crippen molar-refractivity contribution in [3.8, 4) is 44.5 Å². The molecule has 0 aliphatic heterocycles. The van der Waals surface area contributed by atoms with Crippen LogP contribution in [0.3, 0.4) is 0 Å². The van der Waals surface area contributed by atoms with Crippen LogP contribution in [0.2, 0.25) is 0 Å². The number of para-hydroxylation sites is 1. The first-order chi connectivity index (χ1) is 29.0. The maximum absolute atomic E-state index is 2.48. The van der Waals surface area contributed by atoms with Crippen LogP contribution in [0.15, 0.2) is 224 Å². The van der Waals surface area contributed by atoms with E-state index in [1.54, 1.807) is 0 Å². The highest BCUT2D eigenvalue weighted by Crippen LogP contribution is 2.62. The molecular weight excluding hydrogens is 711 g/mol. The van der Waals surface area contributed by atoms with Gasteiger partial charge in [0.25, 0.3) is 0 Å². The maximum Gasteiger partial charge on any atom is 0.0719 e. The molecule has 1 nitrogen and oxygen atoms in total. The predicted octanol–water partition coefficient (Wildman–Crippen LogP) is 15.2. The molecule has 0 heterocycles. The van der Waals surface area contributed by atoms with Gasteiger partial charge in [0, 0.05) is 22.5 Å². The second kappa shape index (κ2) is 13.7. The van der Waals surface area contributed by atoms with Crippen LogP contribution in [0.5, 0.6) is 0 Å². The fourth-order valence-electron chi connectivity index (χ4n) is 10.2. The van der Waals surface area contributed by atoms with Crippen molar-refractivity contribution < 1.29 is 0 Å². The molecule has 9 aromatic carbocycles. The lowest BCUT2D eigenvalue weighted by Crippen LogP contribution is -2.40. The minimum atomic E-state index is -0.412. The molecule has 0 unspecified atom stereocenters. The fourth-order valence-corrected chi connectivity index (χ4v) is 10.2. The minimum Gasteiger partial charge on any atom is -0.311 e. The first kappa shape index (κ1) is 35.0. The number of fused-ring (bicyclic) bond motifs is 9. The molecule has 0 aromatic heterocycles. The van der Waals surface area contributed by atoms with E-state index in [1.807, 2.05) is 0 Å². The van der Waals surface area contributed by atoms with Gasteiger partial charge in [-0.05, 0) is 120 Å². The highest BCUT2D eigenvalue weighted by atomic mass is 15.1. The van der Waals surface area contributed by atoms with Crippen LogP contribution in [-0.4, -0.2) is 0 Å². The van der Waals surface area contributed by atoms with Gasteiger partial charge in [-0.2, -0.15) is 0 Å². The Hall–Kier alpha value is -7.22. The highest BCUT2D eigenvalue weighted by Gasteiger charge is 2.53. The Morgan fingerprint density at radius 2 is 0.627 bits per heavy atom. The maximum atomic E-state index is 2.48. The lowest BCUT2D eigenvalue weighted by molar-refractivity contribution is 0.563. The van der Waals surface area contributed by atoms with E-state index in [2.05, 4.69) is 243 Å². The van der Waals surface area contributed by atoms with E-state index in [0.717, 1.165) is 17.1 Å². The quantitative estimate of drug-likeness (QED) is 0.163. The molecule has 0 saturated carbocycles. The summed E-state index contributed by atoms with van der Waals surface area (Å²) in [5, 5.41) is 0. The van der Waals surface area contributed by atoms with Crippen LogP contribution < -0.4 is 4.90 Å². The number of benzene rings is 9. The van der Waals surface area contributed by atoms with Crippen LogP contribution in [0.4, 0.5) is 17.1 Å². The molecule has 0 atom stereocenters. The molecule has 59 heavy (non-hydrogen) atoms. The van der Waals surface area contributed by atoms with Crippen LogP contribution >= 0.6 is 0 Å². The highest BCUT2D eigenvalue weighted by molar-refractivity contribution is 5.90. The zero-order valence-electron chi connectivity index (χ0n) is 33.3. The van der Waals surface area contributed by atoms with Gasteiger partial charge < -0.3 is 4.90 Å². The van der Waals surface area contributed by atoms with Crippen LogP contribution in [-0.2, 0) is 10.8 Å². The van der Waals surface area contributed by atoms with Gasteiger partial charge in [-0.1, -0.05) is 196 Å². The summed E-state index contributed by atoms with van der Waals surface area (Å²) < 4.78 is 0. The molecule has 0 N–H and O–H groups in total. The number of nitrogens with zero attached hydrogens (tertiary/aromatic N) is 1. The summed E-state index contributed by atoms with van der Waals surface area (Å²) in [7, 11) is 0. The van der Waals surface area contributed by atoms with Crippen molar-refractivity contribution in [2.45, 2.75) is 24.7 Å². The molecule has 2 aliphatic carbocycles. The summed E-state index contributed by atoms with van der Waals surface area (Å²) >= 11 is 0. The normalized spacial score (nSPS) is 13.9. The van der Waals surface area contributed by atoms with E-state index < -0.39 is 5.41 Å². The van der Waals surface area contributed by atoms with Gasteiger partial charge in [0.1, 0.15) is 0 Å². The molecule has 0 bridgehead atoms. The zero-order valence-corrected chi connectivity index (χ0v) is 33.3. The minimum absolute atomic E-state index is 0.122. The van der Waals surface area contributed by atoms with E-state index in [0.29, 0.717) is 0 Å². The Morgan fingerprint density at radius 1 is 0.271 bits per heavy atom. The molecule has 11 rings (SSSR count). The van der Waals surface area contributed by atoms with Gasteiger partial charge in [-0.25, -0.2) is 0 Å². The summed E-state index contributed by atoms with van der Waals surface area (Å²) in [4.78, 5) is 2.35. The summed E-state index contributed by atoms with van der Waals surface area (Å²) in [6, 6.07) is 82.7. The van der Waals surface area contributed by atoms with Crippen LogP contribution in [0.25, 0.3) is 44.5 Å². The van der Waals surface area contributed by atoms with Crippen molar-refractivity contribution in [3.05, 3.63) is 258 Å². The van der Waals surface area contributed by atoms with Crippen LogP contribution in [0, 0.1) is 0 Å². The Kier molecular flexibility index (Phi) is 8.13. The summed E-state index contributed by atoms with van der Waals surface area (Å²) in [6.45, 7) is 4.77. The van der Waals surface area contributed by atoms with Crippen molar-refractivity contribution >= 4 is 17.1 Å². The molecule has 0 fully saturated rings. The molecule has 0 saturated heterocycles. The largest absolute Gasteiger partial charge is 0.311 e. The van der Waals surface area contributed by atoms with E-state index in [-0.39, 0.29) is 5.41 Å². The SMILES string of the molecule is CC1(C)c2ccccc2C2(c3ccccc3-c3ccc(-c4ccc(N(c5ccccc5)c5ccc(-c6ccc(-c7ccccc7)cc6)cc5)cc4)cc32)c2ccccc21. The topological polar surface area (TPSA) is 3.24 Å². The smallest absolute Gasteiger partial charge is 0.0719 e. The lowest BCUT2D eigenvalue weighted by atomic mass is 9.55. The number of hydrogen-bond acceptors (Lipinski definition) is 1. The van der Waals surface area contributed by atoms with Gasteiger partial charge in [-0.15, -0.1) is 0 Å². The number of hydrogen-bond donors (Lipinski definition) is 0. The van der Waals surface area contributed by atoms with Gasteiger partial charge in [0.2, 0.25) is 0 Å². The Labute approximate surface area is 347 Å². The van der Waals surface area contributed by atoms with E-state index in [4.69, 9.17) is 0 Å². The average molecular weight is 754 g/mol. The monoisotopic (exact) mass is 753 g/mol. The van der Waals surface area contributed by atoms with E-state index in [9.17, 15) is 0 Å². The van der Waals surface area contributed by atoms with Crippen molar-refractivity contribution in [3.63, 3.8) is 0 Å². The van der Waals surface area contributed by atoms with E-state index in [1.165, 1.54) is 77.9 Å².